The smallest absolute Gasteiger partial charge is 0.392 e. The molecule has 0 saturated heterocycles. The zero-order valence-corrected chi connectivity index (χ0v) is 14.5. The van der Waals surface area contributed by atoms with Crippen LogP contribution in [-0.4, -0.2) is 28.3 Å². The van der Waals surface area contributed by atoms with E-state index in [2.05, 4.69) is 0 Å². The second kappa shape index (κ2) is 7.09. The normalized spacial score (nSPS) is 17.2. The SMILES string of the molecule is CC(C)CC(CC(C)C)(C(=O)O)C(C)(C(=O)O)C(C)C(F)(F)F. The van der Waals surface area contributed by atoms with Crippen molar-refractivity contribution in [1.82, 2.24) is 0 Å². The second-order valence-corrected chi connectivity index (χ2v) is 7.35. The molecule has 0 radical (unpaired) electrons. The van der Waals surface area contributed by atoms with Crippen LogP contribution in [0.15, 0.2) is 0 Å². The Balaban J connectivity index is 6.55. The van der Waals surface area contributed by atoms with E-state index in [1.165, 1.54) is 0 Å². The van der Waals surface area contributed by atoms with E-state index in [9.17, 15) is 33.0 Å². The summed E-state index contributed by atoms with van der Waals surface area (Å²) in [6.45, 7) is 8.40. The van der Waals surface area contributed by atoms with Crippen LogP contribution in [0.4, 0.5) is 13.2 Å². The largest absolute Gasteiger partial charge is 0.481 e. The van der Waals surface area contributed by atoms with Gasteiger partial charge in [0, 0.05) is 0 Å². The highest BCUT2D eigenvalue weighted by Crippen LogP contribution is 2.56. The maximum Gasteiger partial charge on any atom is 0.392 e. The zero-order chi connectivity index (χ0) is 18.8. The van der Waals surface area contributed by atoms with E-state index in [1.54, 1.807) is 27.7 Å². The molecule has 0 aliphatic heterocycles. The first kappa shape index (κ1) is 21.7. The average Bonchev–Trinajstić information content (AvgIpc) is 2.32. The van der Waals surface area contributed by atoms with Gasteiger partial charge in [0.15, 0.2) is 0 Å². The van der Waals surface area contributed by atoms with Crippen molar-refractivity contribution in [1.29, 1.82) is 0 Å². The maximum absolute atomic E-state index is 13.3. The quantitative estimate of drug-likeness (QED) is 0.685. The van der Waals surface area contributed by atoms with E-state index in [-0.39, 0.29) is 24.7 Å². The van der Waals surface area contributed by atoms with Crippen molar-refractivity contribution in [3.05, 3.63) is 0 Å². The van der Waals surface area contributed by atoms with E-state index in [0.717, 1.165) is 13.8 Å². The molecule has 0 aromatic heterocycles. The van der Waals surface area contributed by atoms with Crippen LogP contribution in [0.5, 0.6) is 0 Å². The van der Waals surface area contributed by atoms with Crippen molar-refractivity contribution in [2.75, 3.05) is 0 Å². The van der Waals surface area contributed by atoms with E-state index in [0.29, 0.717) is 0 Å². The molecule has 2 N–H and O–H groups in total. The second-order valence-electron chi connectivity index (χ2n) is 7.35. The molecule has 2 atom stereocenters. The number of halogens is 3. The van der Waals surface area contributed by atoms with Crippen molar-refractivity contribution < 1.29 is 33.0 Å². The standard InChI is InChI=1S/C16H27F3O4/c1-9(2)7-15(13(22)23,8-10(3)4)14(6,12(20)21)11(5)16(17,18)19/h9-11H,7-8H2,1-6H3,(H,20,21)(H,22,23). The summed E-state index contributed by atoms with van der Waals surface area (Å²) in [4.78, 5) is 23.9. The fourth-order valence-corrected chi connectivity index (χ4v) is 3.43. The molecule has 0 spiro atoms. The molecule has 23 heavy (non-hydrogen) atoms. The van der Waals surface area contributed by atoms with Crippen LogP contribution in [0.25, 0.3) is 0 Å². The molecule has 0 amide bonds. The van der Waals surface area contributed by atoms with Crippen LogP contribution >= 0.6 is 0 Å². The van der Waals surface area contributed by atoms with Gasteiger partial charge in [-0.05, 0) is 31.6 Å². The van der Waals surface area contributed by atoms with Gasteiger partial charge in [0.1, 0.15) is 0 Å². The first-order valence-electron chi connectivity index (χ1n) is 7.66. The predicted molar refractivity (Wildman–Crippen MR) is 79.9 cm³/mol. The summed E-state index contributed by atoms with van der Waals surface area (Å²) in [6.07, 6.45) is -5.07. The van der Waals surface area contributed by atoms with Crippen molar-refractivity contribution in [2.24, 2.45) is 28.6 Å². The van der Waals surface area contributed by atoms with Gasteiger partial charge in [0.25, 0.3) is 0 Å². The van der Waals surface area contributed by atoms with Crippen LogP contribution in [0.2, 0.25) is 0 Å². The Hall–Kier alpha value is -1.27. The maximum atomic E-state index is 13.3. The summed E-state index contributed by atoms with van der Waals surface area (Å²) < 4.78 is 40.0. The van der Waals surface area contributed by atoms with Gasteiger partial charge >= 0.3 is 18.1 Å². The Bertz CT molecular complexity index is 433. The minimum atomic E-state index is -4.80. The Labute approximate surface area is 135 Å². The Morgan fingerprint density at radius 3 is 1.39 bits per heavy atom. The van der Waals surface area contributed by atoms with Crippen LogP contribution in [0.1, 0.15) is 54.4 Å². The highest BCUT2D eigenvalue weighted by Gasteiger charge is 2.66. The van der Waals surface area contributed by atoms with Gasteiger partial charge in [-0.15, -0.1) is 0 Å². The molecule has 0 bridgehead atoms. The van der Waals surface area contributed by atoms with Gasteiger partial charge in [0.05, 0.1) is 16.7 Å². The van der Waals surface area contributed by atoms with Gasteiger partial charge in [-0.25, -0.2) is 0 Å². The molecular weight excluding hydrogens is 313 g/mol. The highest BCUT2D eigenvalue weighted by molar-refractivity contribution is 5.86. The first-order valence-corrected chi connectivity index (χ1v) is 7.66. The van der Waals surface area contributed by atoms with Gasteiger partial charge in [0.2, 0.25) is 0 Å². The molecule has 2 unspecified atom stereocenters. The van der Waals surface area contributed by atoms with Crippen molar-refractivity contribution >= 4 is 11.9 Å². The summed E-state index contributed by atoms with van der Waals surface area (Å²) in [5.41, 5.74) is -4.47. The lowest BCUT2D eigenvalue weighted by Crippen LogP contribution is -2.58. The number of hydrogen-bond donors (Lipinski definition) is 2. The third-order valence-corrected chi connectivity index (χ3v) is 4.72. The van der Waals surface area contributed by atoms with Crippen LogP contribution in [-0.2, 0) is 9.59 Å². The molecule has 0 aromatic carbocycles. The number of hydrogen-bond acceptors (Lipinski definition) is 2. The Morgan fingerprint density at radius 2 is 1.22 bits per heavy atom. The molecule has 136 valence electrons. The molecule has 0 heterocycles. The van der Waals surface area contributed by atoms with Crippen LogP contribution in [0, 0.1) is 28.6 Å². The van der Waals surface area contributed by atoms with Gasteiger partial charge < -0.3 is 10.2 Å². The molecule has 0 aliphatic carbocycles. The molecule has 0 aromatic rings. The number of carboxylic acid groups (broad SMARTS) is 2. The summed E-state index contributed by atoms with van der Waals surface area (Å²) in [5, 5.41) is 19.4. The van der Waals surface area contributed by atoms with Crippen LogP contribution in [0.3, 0.4) is 0 Å². The number of rotatable bonds is 8. The van der Waals surface area contributed by atoms with E-state index < -0.39 is 34.9 Å². The third kappa shape index (κ3) is 4.18. The average molecular weight is 340 g/mol. The molecular formula is C16H27F3O4. The monoisotopic (exact) mass is 340 g/mol. The summed E-state index contributed by atoms with van der Waals surface area (Å²) in [7, 11) is 0. The van der Waals surface area contributed by atoms with Crippen LogP contribution < -0.4 is 0 Å². The van der Waals surface area contributed by atoms with E-state index in [1.807, 2.05) is 0 Å². The Morgan fingerprint density at radius 1 is 0.870 bits per heavy atom. The first-order chi connectivity index (χ1) is 10.1. The molecule has 4 nitrogen and oxygen atoms in total. The summed E-state index contributed by atoms with van der Waals surface area (Å²) >= 11 is 0. The lowest BCUT2D eigenvalue weighted by molar-refractivity contribution is -0.233. The number of aliphatic carboxylic acids is 2. The molecule has 0 fully saturated rings. The van der Waals surface area contributed by atoms with Crippen molar-refractivity contribution in [2.45, 2.75) is 60.6 Å². The van der Waals surface area contributed by atoms with E-state index in [4.69, 9.17) is 0 Å². The van der Waals surface area contributed by atoms with Crippen molar-refractivity contribution in [3.8, 4) is 0 Å². The minimum absolute atomic E-state index is 0.135. The minimum Gasteiger partial charge on any atom is -0.481 e. The number of alkyl halides is 3. The zero-order valence-electron chi connectivity index (χ0n) is 14.5. The lowest BCUT2D eigenvalue weighted by atomic mass is 9.53. The van der Waals surface area contributed by atoms with Gasteiger partial charge in [-0.3, -0.25) is 9.59 Å². The van der Waals surface area contributed by atoms with Crippen molar-refractivity contribution in [3.63, 3.8) is 0 Å². The van der Waals surface area contributed by atoms with E-state index >= 15 is 0 Å². The molecule has 7 heteroatoms. The Kier molecular flexibility index (Phi) is 6.70. The third-order valence-electron chi connectivity index (χ3n) is 4.72. The highest BCUT2D eigenvalue weighted by atomic mass is 19.4. The van der Waals surface area contributed by atoms with Gasteiger partial charge in [-0.2, -0.15) is 13.2 Å². The van der Waals surface area contributed by atoms with Gasteiger partial charge in [-0.1, -0.05) is 34.6 Å². The molecule has 0 saturated carbocycles. The molecule has 0 aliphatic rings. The summed E-state index contributed by atoms with van der Waals surface area (Å²) in [5.74, 6) is -6.03. The fourth-order valence-electron chi connectivity index (χ4n) is 3.43. The number of carbonyl (C=O) groups is 2. The summed E-state index contributed by atoms with van der Waals surface area (Å²) in [6, 6.07) is 0. The number of carboxylic acids is 2. The predicted octanol–water partition coefficient (Wildman–Crippen LogP) is 4.44. The lowest BCUT2D eigenvalue weighted by Gasteiger charge is -2.48. The molecule has 0 rings (SSSR count). The fraction of sp³-hybridized carbons (Fsp3) is 0.875. The topological polar surface area (TPSA) is 74.6 Å².